The zero-order chi connectivity index (χ0) is 9.97. The number of aliphatic carboxylic acids is 1. The third kappa shape index (κ3) is 1.52. The summed E-state index contributed by atoms with van der Waals surface area (Å²) in [6, 6.07) is 1.72. The van der Waals surface area contributed by atoms with Crippen LogP contribution in [0.3, 0.4) is 0 Å². The Morgan fingerprint density at radius 1 is 1.43 bits per heavy atom. The van der Waals surface area contributed by atoms with Gasteiger partial charge in [-0.25, -0.2) is 9.97 Å². The Labute approximate surface area is 79.5 Å². The number of pyridine rings is 1. The molecule has 2 rings (SSSR count). The van der Waals surface area contributed by atoms with E-state index in [9.17, 15) is 4.79 Å². The van der Waals surface area contributed by atoms with Crippen LogP contribution in [-0.4, -0.2) is 26.0 Å². The van der Waals surface area contributed by atoms with E-state index < -0.39 is 5.97 Å². The molecule has 0 spiro atoms. The van der Waals surface area contributed by atoms with Crippen molar-refractivity contribution >= 4 is 16.9 Å². The Morgan fingerprint density at radius 2 is 2.29 bits per heavy atom. The van der Waals surface area contributed by atoms with Gasteiger partial charge in [-0.05, 0) is 6.07 Å². The van der Waals surface area contributed by atoms with Gasteiger partial charge in [-0.3, -0.25) is 9.78 Å². The molecule has 2 heterocycles. The number of nitrogens with zero attached hydrogens (tertiary/aromatic N) is 3. The second kappa shape index (κ2) is 3.37. The fourth-order valence-electron chi connectivity index (χ4n) is 1.25. The van der Waals surface area contributed by atoms with Crippen molar-refractivity contribution in [3.8, 4) is 0 Å². The zero-order valence-corrected chi connectivity index (χ0v) is 7.21. The van der Waals surface area contributed by atoms with Crippen LogP contribution in [0.1, 0.15) is 5.69 Å². The number of carboxylic acid groups (broad SMARTS) is 1. The molecule has 2 aromatic heterocycles. The molecule has 2 aromatic rings. The van der Waals surface area contributed by atoms with Crippen molar-refractivity contribution in [3.05, 3.63) is 30.5 Å². The summed E-state index contributed by atoms with van der Waals surface area (Å²) in [6.45, 7) is 0. The maximum absolute atomic E-state index is 10.5. The van der Waals surface area contributed by atoms with Crippen molar-refractivity contribution in [3.63, 3.8) is 0 Å². The van der Waals surface area contributed by atoms with E-state index in [1.807, 2.05) is 0 Å². The lowest BCUT2D eigenvalue weighted by Crippen LogP contribution is -2.03. The molecule has 0 aliphatic heterocycles. The molecule has 0 aliphatic carbocycles. The van der Waals surface area contributed by atoms with E-state index in [-0.39, 0.29) is 6.42 Å². The second-order valence-electron chi connectivity index (χ2n) is 2.78. The number of carbonyl (C=O) groups is 1. The maximum Gasteiger partial charge on any atom is 0.309 e. The number of carboxylic acids is 1. The molecule has 5 nitrogen and oxygen atoms in total. The molecule has 0 amide bonds. The predicted molar refractivity (Wildman–Crippen MR) is 48.7 cm³/mol. The standard InChI is InChI=1S/C9H7N3O2/c13-9(14)3-8-6-4-10-5-12-7(6)1-2-11-8/h1-2,4-5H,3H2,(H,13,14). The number of hydrogen-bond donors (Lipinski definition) is 1. The minimum Gasteiger partial charge on any atom is -0.481 e. The summed E-state index contributed by atoms with van der Waals surface area (Å²) in [7, 11) is 0. The highest BCUT2D eigenvalue weighted by Gasteiger charge is 2.06. The van der Waals surface area contributed by atoms with Gasteiger partial charge in [0.1, 0.15) is 6.33 Å². The summed E-state index contributed by atoms with van der Waals surface area (Å²) < 4.78 is 0. The van der Waals surface area contributed by atoms with Gasteiger partial charge in [0.2, 0.25) is 0 Å². The SMILES string of the molecule is O=C(O)Cc1nccc2ncncc12. The lowest BCUT2D eigenvalue weighted by atomic mass is 10.2. The van der Waals surface area contributed by atoms with Crippen molar-refractivity contribution in [2.75, 3.05) is 0 Å². The minimum absolute atomic E-state index is 0.106. The first-order valence-electron chi connectivity index (χ1n) is 4.03. The van der Waals surface area contributed by atoms with Crippen LogP contribution in [0.2, 0.25) is 0 Å². The third-order valence-electron chi connectivity index (χ3n) is 1.84. The van der Waals surface area contributed by atoms with E-state index in [2.05, 4.69) is 15.0 Å². The summed E-state index contributed by atoms with van der Waals surface area (Å²) in [6.07, 6.45) is 4.44. The smallest absolute Gasteiger partial charge is 0.309 e. The molecule has 0 aliphatic rings. The molecule has 0 aromatic carbocycles. The van der Waals surface area contributed by atoms with Gasteiger partial charge >= 0.3 is 5.97 Å². The molecule has 0 saturated carbocycles. The van der Waals surface area contributed by atoms with Gasteiger partial charge < -0.3 is 5.11 Å². The highest BCUT2D eigenvalue weighted by atomic mass is 16.4. The summed E-state index contributed by atoms with van der Waals surface area (Å²) in [5.74, 6) is -0.908. The summed E-state index contributed by atoms with van der Waals surface area (Å²) in [5.41, 5.74) is 1.21. The van der Waals surface area contributed by atoms with Gasteiger partial charge in [-0.15, -0.1) is 0 Å². The molecule has 0 unspecified atom stereocenters. The minimum atomic E-state index is -0.908. The summed E-state index contributed by atoms with van der Waals surface area (Å²) in [5, 5.41) is 9.34. The number of fused-ring (bicyclic) bond motifs is 1. The molecular weight excluding hydrogens is 182 g/mol. The molecule has 0 fully saturated rings. The Bertz CT molecular complexity index is 479. The van der Waals surface area contributed by atoms with Crippen molar-refractivity contribution in [2.24, 2.45) is 0 Å². The molecule has 70 valence electrons. The van der Waals surface area contributed by atoms with E-state index in [1.165, 1.54) is 6.33 Å². The first-order valence-corrected chi connectivity index (χ1v) is 4.03. The molecular formula is C9H7N3O2. The first kappa shape index (κ1) is 8.55. The Balaban J connectivity index is 2.59. The largest absolute Gasteiger partial charge is 0.481 e. The van der Waals surface area contributed by atoms with Gasteiger partial charge in [0, 0.05) is 17.8 Å². The lowest BCUT2D eigenvalue weighted by molar-refractivity contribution is -0.136. The van der Waals surface area contributed by atoms with Gasteiger partial charge in [0.25, 0.3) is 0 Å². The highest BCUT2D eigenvalue weighted by molar-refractivity contribution is 5.83. The average Bonchev–Trinajstić information content (AvgIpc) is 2.18. The van der Waals surface area contributed by atoms with Crippen LogP contribution in [-0.2, 0) is 11.2 Å². The van der Waals surface area contributed by atoms with E-state index in [0.717, 1.165) is 0 Å². The number of aromatic nitrogens is 3. The summed E-state index contributed by atoms with van der Waals surface area (Å²) >= 11 is 0. The van der Waals surface area contributed by atoms with Crippen LogP contribution < -0.4 is 0 Å². The summed E-state index contributed by atoms with van der Waals surface area (Å²) in [4.78, 5) is 22.4. The van der Waals surface area contributed by atoms with Crippen molar-refractivity contribution < 1.29 is 9.90 Å². The predicted octanol–water partition coefficient (Wildman–Crippen LogP) is 0.652. The van der Waals surface area contributed by atoms with Crippen molar-refractivity contribution in [1.29, 1.82) is 0 Å². The Hall–Kier alpha value is -2.04. The average molecular weight is 189 g/mol. The third-order valence-corrected chi connectivity index (χ3v) is 1.84. The van der Waals surface area contributed by atoms with Gasteiger partial charge in [0.05, 0.1) is 17.6 Å². The fourth-order valence-corrected chi connectivity index (χ4v) is 1.25. The van der Waals surface area contributed by atoms with Crippen molar-refractivity contribution in [2.45, 2.75) is 6.42 Å². The molecule has 1 N–H and O–H groups in total. The lowest BCUT2D eigenvalue weighted by Gasteiger charge is -2.00. The highest BCUT2D eigenvalue weighted by Crippen LogP contribution is 2.12. The maximum atomic E-state index is 10.5. The first-order chi connectivity index (χ1) is 6.77. The number of hydrogen-bond acceptors (Lipinski definition) is 4. The van der Waals surface area contributed by atoms with Gasteiger partial charge in [0.15, 0.2) is 0 Å². The second-order valence-corrected chi connectivity index (χ2v) is 2.78. The van der Waals surface area contributed by atoms with E-state index in [1.54, 1.807) is 18.5 Å². The van der Waals surface area contributed by atoms with Crippen LogP contribution in [0, 0.1) is 0 Å². The normalized spacial score (nSPS) is 10.3. The molecule has 0 radical (unpaired) electrons. The zero-order valence-electron chi connectivity index (χ0n) is 7.21. The molecule has 0 saturated heterocycles. The van der Waals surface area contributed by atoms with Crippen LogP contribution >= 0.6 is 0 Å². The number of rotatable bonds is 2. The Kier molecular flexibility index (Phi) is 2.06. The van der Waals surface area contributed by atoms with E-state index in [0.29, 0.717) is 16.6 Å². The molecule has 14 heavy (non-hydrogen) atoms. The Morgan fingerprint density at radius 3 is 3.07 bits per heavy atom. The molecule has 0 atom stereocenters. The monoisotopic (exact) mass is 189 g/mol. The van der Waals surface area contributed by atoms with E-state index >= 15 is 0 Å². The van der Waals surface area contributed by atoms with Crippen molar-refractivity contribution in [1.82, 2.24) is 15.0 Å². The topological polar surface area (TPSA) is 76.0 Å². The van der Waals surface area contributed by atoms with Crippen LogP contribution in [0.5, 0.6) is 0 Å². The fraction of sp³-hybridized carbons (Fsp3) is 0.111. The quantitative estimate of drug-likeness (QED) is 0.750. The molecule has 5 heteroatoms. The van der Waals surface area contributed by atoms with Gasteiger partial charge in [-0.2, -0.15) is 0 Å². The van der Waals surface area contributed by atoms with Crippen LogP contribution in [0.15, 0.2) is 24.8 Å². The van der Waals surface area contributed by atoms with E-state index in [4.69, 9.17) is 5.11 Å². The van der Waals surface area contributed by atoms with Crippen LogP contribution in [0.4, 0.5) is 0 Å². The van der Waals surface area contributed by atoms with Crippen LogP contribution in [0.25, 0.3) is 10.9 Å². The molecule has 0 bridgehead atoms. The van der Waals surface area contributed by atoms with Gasteiger partial charge in [-0.1, -0.05) is 0 Å².